The molecule has 0 unspecified atom stereocenters. The van der Waals surface area contributed by atoms with Gasteiger partial charge in [0.25, 0.3) is 5.91 Å². The number of aryl methyl sites for hydroxylation is 1. The smallest absolute Gasteiger partial charge is 0.253 e. The quantitative estimate of drug-likeness (QED) is 0.179. The van der Waals surface area contributed by atoms with Gasteiger partial charge in [-0.2, -0.15) is 0 Å². The second-order valence-corrected chi connectivity index (χ2v) is 7.38. The Balaban J connectivity index is 0.00000341. The third kappa shape index (κ3) is 7.23. The number of aliphatic imine (C=N–C) groups is 1. The van der Waals surface area contributed by atoms with Gasteiger partial charge in [0.15, 0.2) is 5.96 Å². The molecule has 0 aliphatic rings. The Bertz CT molecular complexity index is 981. The summed E-state index contributed by atoms with van der Waals surface area (Å²) in [6.07, 6.45) is 2.65. The van der Waals surface area contributed by atoms with Crippen molar-refractivity contribution in [1.29, 1.82) is 0 Å². The lowest BCUT2D eigenvalue weighted by molar-refractivity contribution is 0.0827. The van der Waals surface area contributed by atoms with Crippen molar-refractivity contribution < 1.29 is 4.79 Å². The summed E-state index contributed by atoms with van der Waals surface area (Å²) in [6, 6.07) is 15.8. The van der Waals surface area contributed by atoms with E-state index in [-0.39, 0.29) is 29.9 Å². The number of benzene rings is 2. The molecule has 0 aliphatic carbocycles. The maximum Gasteiger partial charge on any atom is 0.253 e. The normalized spacial score (nSPS) is 11.1. The molecule has 2 aromatic carbocycles. The van der Waals surface area contributed by atoms with E-state index < -0.39 is 0 Å². The molecular formula is C23H31IN6O. The van der Waals surface area contributed by atoms with E-state index in [9.17, 15) is 4.79 Å². The van der Waals surface area contributed by atoms with Crippen LogP contribution < -0.4 is 10.6 Å². The Kier molecular flexibility index (Phi) is 9.77. The zero-order valence-corrected chi connectivity index (χ0v) is 20.6. The molecule has 0 saturated heterocycles. The van der Waals surface area contributed by atoms with Crippen molar-refractivity contribution in [2.24, 2.45) is 4.99 Å². The van der Waals surface area contributed by atoms with Crippen molar-refractivity contribution in [3.05, 3.63) is 65.5 Å². The average Bonchev–Trinajstić information content (AvgIpc) is 3.18. The van der Waals surface area contributed by atoms with Gasteiger partial charge in [-0.15, -0.1) is 24.0 Å². The fourth-order valence-electron chi connectivity index (χ4n) is 3.25. The summed E-state index contributed by atoms with van der Waals surface area (Å²) in [4.78, 5) is 25.9. The van der Waals surface area contributed by atoms with E-state index in [4.69, 9.17) is 0 Å². The molecule has 1 heterocycles. The molecule has 1 amide bonds. The zero-order chi connectivity index (χ0) is 21.3. The maximum atomic E-state index is 12.1. The second-order valence-electron chi connectivity index (χ2n) is 7.38. The highest BCUT2D eigenvalue weighted by atomic mass is 127. The van der Waals surface area contributed by atoms with Gasteiger partial charge in [-0.25, -0.2) is 4.98 Å². The van der Waals surface area contributed by atoms with Crippen molar-refractivity contribution in [2.45, 2.75) is 19.3 Å². The molecule has 1 aromatic heterocycles. The highest BCUT2D eigenvalue weighted by molar-refractivity contribution is 14.0. The molecule has 0 radical (unpaired) electrons. The number of amides is 1. The Morgan fingerprint density at radius 3 is 2.58 bits per heavy atom. The minimum atomic E-state index is 0. The number of nitrogens with zero attached hydrogens (tertiary/aromatic N) is 3. The van der Waals surface area contributed by atoms with Crippen molar-refractivity contribution >= 4 is 46.9 Å². The van der Waals surface area contributed by atoms with Crippen LogP contribution in [-0.2, 0) is 12.8 Å². The zero-order valence-electron chi connectivity index (χ0n) is 18.3. The van der Waals surface area contributed by atoms with E-state index in [1.807, 2.05) is 48.5 Å². The van der Waals surface area contributed by atoms with Gasteiger partial charge in [0.2, 0.25) is 0 Å². The number of hydrogen-bond donors (Lipinski definition) is 3. The number of hydrogen-bond acceptors (Lipinski definition) is 3. The minimum Gasteiger partial charge on any atom is -0.356 e. The van der Waals surface area contributed by atoms with Gasteiger partial charge in [0, 0.05) is 46.2 Å². The van der Waals surface area contributed by atoms with Crippen LogP contribution in [0.3, 0.4) is 0 Å². The van der Waals surface area contributed by atoms with Crippen LogP contribution in [0, 0.1) is 0 Å². The standard InChI is InChI=1S/C23H30N6O.HI/c1-24-23(25-14-7-12-21-27-19-10-4-5-11-20(19)28-21)26-15-13-17-8-6-9-18(16-17)22(30)29(2)3;/h4-6,8-11,16H,7,12-15H2,1-3H3,(H,27,28)(H2,24,25,26);1H. The van der Waals surface area contributed by atoms with Crippen molar-refractivity contribution in [3.63, 3.8) is 0 Å². The van der Waals surface area contributed by atoms with Gasteiger partial charge < -0.3 is 20.5 Å². The molecule has 0 spiro atoms. The van der Waals surface area contributed by atoms with E-state index in [0.717, 1.165) is 60.7 Å². The number of guanidine groups is 1. The Hall–Kier alpha value is -2.62. The van der Waals surface area contributed by atoms with E-state index in [1.165, 1.54) is 0 Å². The molecule has 8 heteroatoms. The fraction of sp³-hybridized carbons (Fsp3) is 0.348. The minimum absolute atomic E-state index is 0. The lowest BCUT2D eigenvalue weighted by Gasteiger charge is -2.13. The van der Waals surface area contributed by atoms with Crippen molar-refractivity contribution in [3.8, 4) is 0 Å². The van der Waals surface area contributed by atoms with Crippen molar-refractivity contribution in [2.75, 3.05) is 34.2 Å². The Morgan fingerprint density at radius 1 is 1.06 bits per heavy atom. The molecular weight excluding hydrogens is 503 g/mol. The summed E-state index contributed by atoms with van der Waals surface area (Å²) in [7, 11) is 5.30. The number of rotatable bonds is 8. The van der Waals surface area contributed by atoms with Crippen molar-refractivity contribution in [1.82, 2.24) is 25.5 Å². The molecule has 0 aliphatic heterocycles. The van der Waals surface area contributed by atoms with Crippen LogP contribution in [-0.4, -0.2) is 61.0 Å². The van der Waals surface area contributed by atoms with Gasteiger partial charge in [-0.3, -0.25) is 9.79 Å². The molecule has 0 bridgehead atoms. The molecule has 0 fully saturated rings. The number of carbonyl (C=O) groups is 1. The molecule has 166 valence electrons. The third-order valence-corrected chi connectivity index (χ3v) is 4.83. The number of halogens is 1. The van der Waals surface area contributed by atoms with Crippen LogP contribution in [0.2, 0.25) is 0 Å². The van der Waals surface area contributed by atoms with Crippen LogP contribution in [0.25, 0.3) is 11.0 Å². The summed E-state index contributed by atoms with van der Waals surface area (Å²) in [5.41, 5.74) is 3.92. The third-order valence-electron chi connectivity index (χ3n) is 4.83. The lowest BCUT2D eigenvalue weighted by Crippen LogP contribution is -2.38. The summed E-state index contributed by atoms with van der Waals surface area (Å²) in [6.45, 7) is 1.55. The van der Waals surface area contributed by atoms with Crippen LogP contribution in [0.1, 0.15) is 28.2 Å². The average molecular weight is 534 g/mol. The molecule has 0 atom stereocenters. The topological polar surface area (TPSA) is 85.4 Å². The first-order valence-corrected chi connectivity index (χ1v) is 10.3. The van der Waals surface area contributed by atoms with Gasteiger partial charge in [-0.1, -0.05) is 24.3 Å². The second kappa shape index (κ2) is 12.3. The summed E-state index contributed by atoms with van der Waals surface area (Å²) in [5, 5.41) is 6.67. The van der Waals surface area contributed by atoms with Gasteiger partial charge in [-0.05, 0) is 42.7 Å². The highest BCUT2D eigenvalue weighted by Crippen LogP contribution is 2.11. The van der Waals surface area contributed by atoms with Crippen LogP contribution >= 0.6 is 24.0 Å². The number of imidazole rings is 1. The van der Waals surface area contributed by atoms with E-state index >= 15 is 0 Å². The van der Waals surface area contributed by atoms with Crippen LogP contribution in [0.15, 0.2) is 53.5 Å². The molecule has 31 heavy (non-hydrogen) atoms. The largest absolute Gasteiger partial charge is 0.356 e. The fourth-order valence-corrected chi connectivity index (χ4v) is 3.25. The Labute approximate surface area is 200 Å². The number of para-hydroxylation sites is 2. The van der Waals surface area contributed by atoms with E-state index in [0.29, 0.717) is 5.56 Å². The number of carbonyl (C=O) groups excluding carboxylic acids is 1. The maximum absolute atomic E-state index is 12.1. The first kappa shape index (κ1) is 24.6. The summed E-state index contributed by atoms with van der Waals surface area (Å²) < 4.78 is 0. The Morgan fingerprint density at radius 2 is 1.84 bits per heavy atom. The van der Waals surface area contributed by atoms with Gasteiger partial charge >= 0.3 is 0 Å². The van der Waals surface area contributed by atoms with E-state index in [2.05, 4.69) is 25.6 Å². The SMILES string of the molecule is CN=C(NCCCc1nc2ccccc2[nH]1)NCCc1cccc(C(=O)N(C)C)c1.I. The van der Waals surface area contributed by atoms with Gasteiger partial charge in [0.1, 0.15) is 5.82 Å². The monoisotopic (exact) mass is 534 g/mol. The number of H-pyrrole nitrogens is 1. The predicted molar refractivity (Wildman–Crippen MR) is 137 cm³/mol. The van der Waals surface area contributed by atoms with Gasteiger partial charge in [0.05, 0.1) is 11.0 Å². The summed E-state index contributed by atoms with van der Waals surface area (Å²) >= 11 is 0. The highest BCUT2D eigenvalue weighted by Gasteiger charge is 2.08. The van der Waals surface area contributed by atoms with Crippen LogP contribution in [0.5, 0.6) is 0 Å². The number of aromatic amines is 1. The molecule has 3 aromatic rings. The lowest BCUT2D eigenvalue weighted by atomic mass is 10.1. The molecule has 0 saturated carbocycles. The summed E-state index contributed by atoms with van der Waals surface area (Å²) in [5.74, 6) is 1.81. The molecule has 7 nitrogen and oxygen atoms in total. The molecule has 3 N–H and O–H groups in total. The predicted octanol–water partition coefficient (Wildman–Crippen LogP) is 3.22. The van der Waals surface area contributed by atoms with E-state index in [1.54, 1.807) is 26.0 Å². The first-order chi connectivity index (χ1) is 14.6. The number of nitrogens with one attached hydrogen (secondary N) is 3. The molecule has 3 rings (SSSR count). The van der Waals surface area contributed by atoms with Crippen LogP contribution in [0.4, 0.5) is 0 Å². The first-order valence-electron chi connectivity index (χ1n) is 10.3. The number of fused-ring (bicyclic) bond motifs is 1. The number of aromatic nitrogens is 2.